The molecule has 0 spiro atoms. The van der Waals surface area contributed by atoms with Gasteiger partial charge in [0.1, 0.15) is 5.78 Å². The maximum absolute atomic E-state index is 12.2. The summed E-state index contributed by atoms with van der Waals surface area (Å²) in [6, 6.07) is 0. The molecule has 31 heavy (non-hydrogen) atoms. The molecule has 0 aliphatic carbocycles. The Kier molecular flexibility index (Phi) is 14.1. The van der Waals surface area contributed by atoms with Crippen LogP contribution in [0, 0.1) is 0 Å². The molecule has 6 heteroatoms. The monoisotopic (exact) mass is 437 g/mol. The molecule has 178 valence electrons. The van der Waals surface area contributed by atoms with E-state index in [-0.39, 0.29) is 18.7 Å². The average Bonchev–Trinajstić information content (AvgIpc) is 3.27. The number of carboxylic acid groups (broad SMARTS) is 1. The van der Waals surface area contributed by atoms with Crippen molar-refractivity contribution in [1.29, 1.82) is 0 Å². The molecule has 1 heterocycles. The molecule has 1 aliphatic rings. The maximum atomic E-state index is 12.2. The normalized spacial score (nSPS) is 16.0. The lowest BCUT2D eigenvalue weighted by Crippen LogP contribution is -2.44. The quantitative estimate of drug-likeness (QED) is 0.232. The van der Waals surface area contributed by atoms with E-state index >= 15 is 0 Å². The number of unbranched alkanes of at least 4 members (excludes halogenated alkanes) is 8. The number of carboxylic acids is 1. The van der Waals surface area contributed by atoms with E-state index in [1.807, 2.05) is 6.08 Å². The van der Waals surface area contributed by atoms with E-state index in [1.165, 1.54) is 19.3 Å². The fourth-order valence-corrected chi connectivity index (χ4v) is 3.95. The number of aliphatic carboxylic acids is 1. The molecule has 0 bridgehead atoms. The van der Waals surface area contributed by atoms with E-state index in [4.69, 9.17) is 0 Å². The first-order chi connectivity index (χ1) is 14.9. The van der Waals surface area contributed by atoms with Gasteiger partial charge in [0, 0.05) is 32.4 Å². The Bertz CT molecular complexity index is 568. The van der Waals surface area contributed by atoms with Gasteiger partial charge in [0.15, 0.2) is 5.60 Å². The molecule has 2 N–H and O–H groups in total. The molecule has 1 amide bonds. The number of carbonyl (C=O) groups is 3. The number of aliphatic hydroxyl groups is 1. The predicted octanol–water partition coefficient (Wildman–Crippen LogP) is 5.03. The van der Waals surface area contributed by atoms with Gasteiger partial charge in [-0.1, -0.05) is 57.6 Å². The number of likely N-dealkylation sites (tertiary alicyclic amines) is 1. The summed E-state index contributed by atoms with van der Waals surface area (Å²) in [5, 5.41) is 19.8. The number of carbonyl (C=O) groups excluding carboxylic acids is 2. The molecule has 6 nitrogen and oxygen atoms in total. The third-order valence-corrected chi connectivity index (χ3v) is 6.06. The standard InChI is InChI=1S/C25H43NO5/c1-2-3-4-8-11-16-22(27)17-12-9-6-5-7-10-13-18-25(31,24(29)30)21-23(28)26-19-14-15-20-26/h10,13,31H,2-9,11-12,14-21H2,1H3,(H,29,30)/b13-10+/t25-/m1/s1. The predicted molar refractivity (Wildman–Crippen MR) is 123 cm³/mol. The SMILES string of the molecule is CCCCCCCC(=O)CCCCCC/C=C/C[C@@](O)(CC(=O)N1CCCC1)C(=O)O. The zero-order chi connectivity index (χ0) is 23.0. The minimum absolute atomic E-state index is 0.0608. The lowest BCUT2D eigenvalue weighted by Gasteiger charge is -2.24. The third-order valence-electron chi connectivity index (χ3n) is 6.06. The van der Waals surface area contributed by atoms with Crippen LogP contribution >= 0.6 is 0 Å². The van der Waals surface area contributed by atoms with Crippen LogP contribution < -0.4 is 0 Å². The Hall–Kier alpha value is -1.69. The van der Waals surface area contributed by atoms with Gasteiger partial charge in [-0.05, 0) is 38.5 Å². The summed E-state index contributed by atoms with van der Waals surface area (Å²) < 4.78 is 0. The highest BCUT2D eigenvalue weighted by Gasteiger charge is 2.38. The Morgan fingerprint density at radius 1 is 0.871 bits per heavy atom. The van der Waals surface area contributed by atoms with E-state index in [0.29, 0.717) is 25.3 Å². The number of rotatable bonds is 18. The molecule has 0 radical (unpaired) electrons. The molecular formula is C25H43NO5. The fourth-order valence-electron chi connectivity index (χ4n) is 3.95. The van der Waals surface area contributed by atoms with Crippen LogP contribution in [0.25, 0.3) is 0 Å². The van der Waals surface area contributed by atoms with E-state index < -0.39 is 11.6 Å². The Morgan fingerprint density at radius 2 is 1.45 bits per heavy atom. The van der Waals surface area contributed by atoms with Crippen molar-refractivity contribution in [3.8, 4) is 0 Å². The van der Waals surface area contributed by atoms with Crippen molar-refractivity contribution in [2.75, 3.05) is 13.1 Å². The lowest BCUT2D eigenvalue weighted by molar-refractivity contribution is -0.163. The summed E-state index contributed by atoms with van der Waals surface area (Å²) in [6.07, 6.45) is 17.1. The molecule has 1 rings (SSSR count). The number of amides is 1. The van der Waals surface area contributed by atoms with Gasteiger partial charge in [0.05, 0.1) is 6.42 Å². The first-order valence-electron chi connectivity index (χ1n) is 12.3. The fraction of sp³-hybridized carbons (Fsp3) is 0.800. The number of hydrogen-bond acceptors (Lipinski definition) is 4. The Balaban J connectivity index is 2.12. The van der Waals surface area contributed by atoms with Gasteiger partial charge in [-0.2, -0.15) is 0 Å². The molecule has 0 unspecified atom stereocenters. The summed E-state index contributed by atoms with van der Waals surface area (Å²) in [6.45, 7) is 3.49. The molecule has 0 aromatic rings. The van der Waals surface area contributed by atoms with E-state index in [9.17, 15) is 24.6 Å². The van der Waals surface area contributed by atoms with Crippen LogP contribution in [0.1, 0.15) is 110 Å². The molecule has 1 atom stereocenters. The summed E-state index contributed by atoms with van der Waals surface area (Å²) in [5.74, 6) is -1.25. The van der Waals surface area contributed by atoms with Crippen molar-refractivity contribution >= 4 is 17.7 Å². The first-order valence-corrected chi connectivity index (χ1v) is 12.3. The van der Waals surface area contributed by atoms with Crippen LogP contribution in [0.5, 0.6) is 0 Å². The van der Waals surface area contributed by atoms with E-state index in [0.717, 1.165) is 64.2 Å². The maximum Gasteiger partial charge on any atom is 0.336 e. The molecular weight excluding hydrogens is 394 g/mol. The number of ketones is 1. The minimum Gasteiger partial charge on any atom is -0.479 e. The van der Waals surface area contributed by atoms with Crippen molar-refractivity contribution in [3.05, 3.63) is 12.2 Å². The number of nitrogens with zero attached hydrogens (tertiary/aromatic N) is 1. The third kappa shape index (κ3) is 12.1. The van der Waals surface area contributed by atoms with E-state index in [2.05, 4.69) is 6.92 Å². The van der Waals surface area contributed by atoms with Gasteiger partial charge in [0.2, 0.25) is 5.91 Å². The number of allylic oxidation sites excluding steroid dienone is 1. The number of Topliss-reactive ketones (excluding diaryl/α,β-unsaturated/α-hetero) is 1. The highest BCUT2D eigenvalue weighted by atomic mass is 16.4. The molecule has 1 aliphatic heterocycles. The zero-order valence-electron chi connectivity index (χ0n) is 19.4. The number of hydrogen-bond donors (Lipinski definition) is 2. The minimum atomic E-state index is -2.03. The van der Waals surface area contributed by atoms with Gasteiger partial charge in [-0.25, -0.2) is 4.79 Å². The van der Waals surface area contributed by atoms with E-state index in [1.54, 1.807) is 11.0 Å². The van der Waals surface area contributed by atoms with Gasteiger partial charge < -0.3 is 15.1 Å². The molecule has 0 aromatic carbocycles. The molecule has 0 aromatic heterocycles. The summed E-state index contributed by atoms with van der Waals surface area (Å²) >= 11 is 0. The van der Waals surface area contributed by atoms with Crippen LogP contribution in [0.4, 0.5) is 0 Å². The Labute approximate surface area is 188 Å². The van der Waals surface area contributed by atoms with Crippen LogP contribution in [0.15, 0.2) is 12.2 Å². The van der Waals surface area contributed by atoms with Crippen LogP contribution in [0.3, 0.4) is 0 Å². The van der Waals surface area contributed by atoms with Gasteiger partial charge in [-0.15, -0.1) is 0 Å². The van der Waals surface area contributed by atoms with Crippen molar-refractivity contribution in [3.63, 3.8) is 0 Å². The molecule has 0 saturated carbocycles. The summed E-state index contributed by atoms with van der Waals surface area (Å²) in [5.41, 5.74) is -2.03. The highest BCUT2D eigenvalue weighted by Crippen LogP contribution is 2.21. The van der Waals surface area contributed by atoms with Crippen molar-refractivity contribution in [1.82, 2.24) is 4.90 Å². The molecule has 1 fully saturated rings. The van der Waals surface area contributed by atoms with Crippen LogP contribution in [-0.2, 0) is 14.4 Å². The topological polar surface area (TPSA) is 94.9 Å². The van der Waals surface area contributed by atoms with Crippen molar-refractivity contribution in [2.45, 2.75) is 115 Å². The smallest absolute Gasteiger partial charge is 0.336 e. The van der Waals surface area contributed by atoms with Gasteiger partial charge in [-0.3, -0.25) is 9.59 Å². The highest BCUT2D eigenvalue weighted by molar-refractivity contribution is 5.87. The van der Waals surface area contributed by atoms with Crippen LogP contribution in [-0.4, -0.2) is 51.5 Å². The first kappa shape index (κ1) is 27.3. The molecule has 1 saturated heterocycles. The van der Waals surface area contributed by atoms with Gasteiger partial charge >= 0.3 is 5.97 Å². The second-order valence-electron chi connectivity index (χ2n) is 8.93. The summed E-state index contributed by atoms with van der Waals surface area (Å²) in [7, 11) is 0. The Morgan fingerprint density at radius 3 is 2.03 bits per heavy atom. The average molecular weight is 438 g/mol. The largest absolute Gasteiger partial charge is 0.479 e. The van der Waals surface area contributed by atoms with Gasteiger partial charge in [0.25, 0.3) is 0 Å². The van der Waals surface area contributed by atoms with Crippen LogP contribution in [0.2, 0.25) is 0 Å². The summed E-state index contributed by atoms with van der Waals surface area (Å²) in [4.78, 5) is 37.2. The second kappa shape index (κ2) is 16.0. The van der Waals surface area contributed by atoms with Crippen molar-refractivity contribution in [2.24, 2.45) is 0 Å². The lowest BCUT2D eigenvalue weighted by atomic mass is 9.94. The van der Waals surface area contributed by atoms with Crippen molar-refractivity contribution < 1.29 is 24.6 Å². The second-order valence-corrected chi connectivity index (χ2v) is 8.93. The zero-order valence-corrected chi connectivity index (χ0v) is 19.4.